The average Bonchev–Trinajstić information content (AvgIpc) is 2.70. The minimum absolute atomic E-state index is 0.117. The van der Waals surface area contributed by atoms with Crippen molar-refractivity contribution < 1.29 is 9.53 Å². The number of benzene rings is 1. The number of para-hydroxylation sites is 1. The van der Waals surface area contributed by atoms with E-state index in [0.717, 1.165) is 12.2 Å². The van der Waals surface area contributed by atoms with Gasteiger partial charge in [0.1, 0.15) is 5.75 Å². The molecule has 1 rings (SSSR count). The van der Waals surface area contributed by atoms with Gasteiger partial charge in [0, 0.05) is 0 Å². The van der Waals surface area contributed by atoms with Crippen molar-refractivity contribution in [1.82, 2.24) is 4.90 Å². The average molecular weight is 404 g/mol. The van der Waals surface area contributed by atoms with Crippen LogP contribution in [0.4, 0.5) is 0 Å². The van der Waals surface area contributed by atoms with Gasteiger partial charge in [0.15, 0.2) is 5.78 Å². The Balaban J connectivity index is 1.99. The number of rotatable bonds is 19. The molecule has 0 aromatic heterocycles. The fourth-order valence-corrected chi connectivity index (χ4v) is 3.67. The summed E-state index contributed by atoms with van der Waals surface area (Å²) in [5, 5.41) is 0. The molecule has 1 aromatic carbocycles. The predicted octanol–water partition coefficient (Wildman–Crippen LogP) is 7.29. The van der Waals surface area contributed by atoms with E-state index < -0.39 is 0 Å². The Hall–Kier alpha value is -1.35. The zero-order chi connectivity index (χ0) is 21.2. The highest BCUT2D eigenvalue weighted by molar-refractivity contribution is 6.00. The Bertz CT molecular complexity index is 527. The maximum Gasteiger partial charge on any atom is 0.180 e. The molecular weight excluding hydrogens is 358 g/mol. The van der Waals surface area contributed by atoms with Gasteiger partial charge >= 0.3 is 0 Å². The molecule has 0 N–H and O–H groups in total. The normalized spacial score (nSPS) is 11.2. The molecule has 0 saturated heterocycles. The number of hydrogen-bond acceptors (Lipinski definition) is 3. The Morgan fingerprint density at radius 1 is 0.759 bits per heavy atom. The van der Waals surface area contributed by atoms with E-state index in [1.54, 1.807) is 0 Å². The number of nitrogens with zero attached hydrogens (tertiary/aromatic N) is 1. The highest BCUT2D eigenvalue weighted by Gasteiger charge is 2.12. The molecule has 0 saturated carbocycles. The lowest BCUT2D eigenvalue weighted by atomic mass is 10.0. The number of hydrogen-bond donors (Lipinski definition) is 0. The van der Waals surface area contributed by atoms with Crippen molar-refractivity contribution in [2.24, 2.45) is 0 Å². The van der Waals surface area contributed by atoms with E-state index in [9.17, 15) is 4.79 Å². The molecular formula is C26H45NO2. The topological polar surface area (TPSA) is 29.5 Å². The fraction of sp³-hybridized carbons (Fsp3) is 0.731. The highest BCUT2D eigenvalue weighted by Crippen LogP contribution is 2.19. The summed E-state index contributed by atoms with van der Waals surface area (Å²) < 4.78 is 5.91. The van der Waals surface area contributed by atoms with E-state index in [2.05, 4.69) is 6.92 Å². The number of carbonyl (C=O) groups is 1. The molecule has 1 aromatic rings. The van der Waals surface area contributed by atoms with Crippen molar-refractivity contribution in [3.8, 4) is 5.75 Å². The molecule has 3 nitrogen and oxygen atoms in total. The Kier molecular flexibility index (Phi) is 15.5. The van der Waals surface area contributed by atoms with Gasteiger partial charge in [-0.05, 0) is 32.6 Å². The van der Waals surface area contributed by atoms with Crippen LogP contribution in [0, 0.1) is 0 Å². The summed E-state index contributed by atoms with van der Waals surface area (Å²) in [4.78, 5) is 14.2. The van der Waals surface area contributed by atoms with Crippen LogP contribution in [0.3, 0.4) is 0 Å². The van der Waals surface area contributed by atoms with E-state index in [1.165, 1.54) is 83.5 Å². The third-order valence-corrected chi connectivity index (χ3v) is 5.40. The van der Waals surface area contributed by atoms with Gasteiger partial charge in [-0.3, -0.25) is 4.79 Å². The monoisotopic (exact) mass is 403 g/mol. The van der Waals surface area contributed by atoms with Gasteiger partial charge in [-0.15, -0.1) is 0 Å². The van der Waals surface area contributed by atoms with Crippen LogP contribution in [0.15, 0.2) is 24.3 Å². The van der Waals surface area contributed by atoms with Crippen LogP contribution in [0.2, 0.25) is 0 Å². The molecule has 0 atom stereocenters. The summed E-state index contributed by atoms with van der Waals surface area (Å²) in [6.07, 6.45) is 19.0. The maximum atomic E-state index is 12.3. The molecule has 0 bridgehead atoms. The van der Waals surface area contributed by atoms with Crippen molar-refractivity contribution in [1.29, 1.82) is 0 Å². The number of ketones is 1. The minimum atomic E-state index is 0.117. The first-order valence-corrected chi connectivity index (χ1v) is 12.0. The summed E-state index contributed by atoms with van der Waals surface area (Å²) >= 11 is 0. The van der Waals surface area contributed by atoms with E-state index in [0.29, 0.717) is 18.7 Å². The van der Waals surface area contributed by atoms with Crippen LogP contribution in [0.1, 0.15) is 107 Å². The number of unbranched alkanes of at least 4 members (excludes halogenated alkanes) is 13. The second-order valence-corrected chi connectivity index (χ2v) is 8.60. The second kappa shape index (κ2) is 17.5. The molecule has 3 heteroatoms. The largest absolute Gasteiger partial charge is 0.493 e. The van der Waals surface area contributed by atoms with Gasteiger partial charge in [-0.2, -0.15) is 0 Å². The first kappa shape index (κ1) is 25.7. The van der Waals surface area contributed by atoms with Gasteiger partial charge in [0.05, 0.1) is 18.7 Å². The van der Waals surface area contributed by atoms with Crippen molar-refractivity contribution >= 4 is 5.78 Å². The first-order chi connectivity index (χ1) is 14.1. The quantitative estimate of drug-likeness (QED) is 0.179. The van der Waals surface area contributed by atoms with Gasteiger partial charge < -0.3 is 9.64 Å². The summed E-state index contributed by atoms with van der Waals surface area (Å²) in [5.41, 5.74) is 0.701. The minimum Gasteiger partial charge on any atom is -0.493 e. The van der Waals surface area contributed by atoms with E-state index >= 15 is 0 Å². The van der Waals surface area contributed by atoms with Crippen molar-refractivity contribution in [3.05, 3.63) is 29.8 Å². The Morgan fingerprint density at radius 2 is 1.24 bits per heavy atom. The Labute approximate surface area is 180 Å². The fourth-order valence-electron chi connectivity index (χ4n) is 3.67. The summed E-state index contributed by atoms with van der Waals surface area (Å²) in [6, 6.07) is 7.62. The number of likely N-dealkylation sites (N-methyl/N-ethyl adjacent to an activating group) is 1. The first-order valence-electron chi connectivity index (χ1n) is 12.0. The van der Waals surface area contributed by atoms with Crippen LogP contribution in [0.5, 0.6) is 5.75 Å². The number of carbonyl (C=O) groups excluding carboxylic acids is 1. The van der Waals surface area contributed by atoms with E-state index in [-0.39, 0.29) is 5.78 Å². The summed E-state index contributed by atoms with van der Waals surface area (Å²) in [7, 11) is 3.83. The third kappa shape index (κ3) is 13.5. The van der Waals surface area contributed by atoms with E-state index in [4.69, 9.17) is 4.74 Å². The van der Waals surface area contributed by atoms with Crippen LogP contribution < -0.4 is 4.74 Å². The van der Waals surface area contributed by atoms with Crippen molar-refractivity contribution in [2.45, 2.75) is 96.8 Å². The Morgan fingerprint density at radius 3 is 1.76 bits per heavy atom. The van der Waals surface area contributed by atoms with Gasteiger partial charge in [-0.25, -0.2) is 0 Å². The lowest BCUT2D eigenvalue weighted by Crippen LogP contribution is -2.22. The van der Waals surface area contributed by atoms with Gasteiger partial charge in [-0.1, -0.05) is 103 Å². The van der Waals surface area contributed by atoms with Gasteiger partial charge in [0.25, 0.3) is 0 Å². The van der Waals surface area contributed by atoms with E-state index in [1.807, 2.05) is 43.3 Å². The van der Waals surface area contributed by atoms with Gasteiger partial charge in [0.2, 0.25) is 0 Å². The zero-order valence-electron chi connectivity index (χ0n) is 19.4. The molecule has 0 amide bonds. The highest BCUT2D eigenvalue weighted by atomic mass is 16.5. The molecule has 29 heavy (non-hydrogen) atoms. The lowest BCUT2D eigenvalue weighted by molar-refractivity contribution is 0.0953. The van der Waals surface area contributed by atoms with Crippen LogP contribution >= 0.6 is 0 Å². The zero-order valence-corrected chi connectivity index (χ0v) is 19.4. The van der Waals surface area contributed by atoms with Crippen LogP contribution in [-0.4, -0.2) is 37.9 Å². The molecule has 0 aliphatic heterocycles. The number of Topliss-reactive ketones (excluding diaryl/α,β-unsaturated/α-hetero) is 1. The molecule has 0 radical (unpaired) electrons. The lowest BCUT2D eigenvalue weighted by Gasteiger charge is -2.13. The summed E-state index contributed by atoms with van der Waals surface area (Å²) in [6.45, 7) is 3.39. The third-order valence-electron chi connectivity index (χ3n) is 5.40. The summed E-state index contributed by atoms with van der Waals surface area (Å²) in [5.74, 6) is 0.848. The smallest absolute Gasteiger partial charge is 0.180 e. The maximum absolute atomic E-state index is 12.3. The van der Waals surface area contributed by atoms with Crippen molar-refractivity contribution in [3.63, 3.8) is 0 Å². The molecule has 0 aliphatic rings. The van der Waals surface area contributed by atoms with Crippen LogP contribution in [-0.2, 0) is 0 Å². The second-order valence-electron chi connectivity index (χ2n) is 8.60. The standard InChI is InChI=1S/C26H45NO2/c1-4-5-6-7-8-9-10-11-12-13-14-15-16-19-22-29-26-21-18-17-20-24(26)25(28)23-27(2)3/h17-18,20-21H,4-16,19,22-23H2,1-3H3. The predicted molar refractivity (Wildman–Crippen MR) is 125 cm³/mol. The molecule has 0 heterocycles. The van der Waals surface area contributed by atoms with Crippen LogP contribution in [0.25, 0.3) is 0 Å². The SMILES string of the molecule is CCCCCCCCCCCCCCCCOc1ccccc1C(=O)CN(C)C. The molecule has 0 fully saturated rings. The molecule has 0 unspecified atom stereocenters. The number of ether oxygens (including phenoxy) is 1. The molecule has 166 valence electrons. The van der Waals surface area contributed by atoms with Crippen molar-refractivity contribution in [2.75, 3.05) is 27.2 Å². The molecule has 0 spiro atoms. The molecule has 0 aliphatic carbocycles.